The predicted molar refractivity (Wildman–Crippen MR) is 176 cm³/mol. The fourth-order valence-electron chi connectivity index (χ4n) is 5.96. The number of aliphatic hydroxyl groups is 1. The monoisotopic (exact) mass is 664 g/mol. The third-order valence-corrected chi connectivity index (χ3v) is 9.23. The van der Waals surface area contributed by atoms with Crippen LogP contribution in [0.2, 0.25) is 0 Å². The zero-order valence-electron chi connectivity index (χ0n) is 26.3. The average molecular weight is 666 g/mol. The number of hydrogen-bond acceptors (Lipinski definition) is 6. The van der Waals surface area contributed by atoms with Gasteiger partial charge in [0.2, 0.25) is 11.8 Å². The lowest BCUT2D eigenvalue weighted by Gasteiger charge is -2.44. The van der Waals surface area contributed by atoms with Gasteiger partial charge in [-0.1, -0.05) is 31.2 Å². The molecule has 0 aliphatic heterocycles. The van der Waals surface area contributed by atoms with Crippen LogP contribution in [0.15, 0.2) is 53.0 Å². The maximum absolute atomic E-state index is 14.2. The Morgan fingerprint density at radius 2 is 1.55 bits per heavy atom. The summed E-state index contributed by atoms with van der Waals surface area (Å²) < 4.78 is 12.1. The number of halogens is 1. The summed E-state index contributed by atoms with van der Waals surface area (Å²) >= 11 is 3.58. The predicted octanol–water partition coefficient (Wildman–Crippen LogP) is 6.80. The molecule has 0 spiro atoms. The number of carbonyl (C=O) groups excluding carboxylic acids is 3. The molecule has 0 radical (unpaired) electrons. The van der Waals surface area contributed by atoms with E-state index in [1.165, 1.54) is 14.0 Å². The van der Waals surface area contributed by atoms with Gasteiger partial charge in [0.1, 0.15) is 11.7 Å². The number of benzene rings is 3. The minimum atomic E-state index is -1.75. The van der Waals surface area contributed by atoms with Crippen LogP contribution in [0.3, 0.4) is 0 Å². The molecule has 0 saturated heterocycles. The molecule has 0 aromatic heterocycles. The molecular weight excluding hydrogens is 624 g/mol. The van der Waals surface area contributed by atoms with Crippen molar-refractivity contribution in [1.82, 2.24) is 0 Å². The Labute approximate surface area is 267 Å². The van der Waals surface area contributed by atoms with Gasteiger partial charge in [-0.3, -0.25) is 14.4 Å². The van der Waals surface area contributed by atoms with Crippen molar-refractivity contribution in [3.8, 4) is 11.5 Å². The summed E-state index contributed by atoms with van der Waals surface area (Å²) in [4.78, 5) is 42.2. The molecule has 0 heterocycles. The van der Waals surface area contributed by atoms with E-state index in [0.717, 1.165) is 28.7 Å². The Hall–Kier alpha value is -3.69. The summed E-state index contributed by atoms with van der Waals surface area (Å²) in [6.45, 7) is 11.6. The van der Waals surface area contributed by atoms with E-state index in [9.17, 15) is 19.5 Å². The fourth-order valence-corrected chi connectivity index (χ4v) is 6.54. The maximum Gasteiger partial charge on any atom is 0.235 e. The van der Waals surface area contributed by atoms with Gasteiger partial charge >= 0.3 is 0 Å². The Morgan fingerprint density at radius 1 is 0.977 bits per heavy atom. The molecular formula is C35H41BrN2O6. The smallest absolute Gasteiger partial charge is 0.235 e. The van der Waals surface area contributed by atoms with Crippen LogP contribution in [0, 0.1) is 39.5 Å². The summed E-state index contributed by atoms with van der Waals surface area (Å²) in [5.41, 5.74) is 3.64. The van der Waals surface area contributed by atoms with Crippen molar-refractivity contribution in [2.24, 2.45) is 11.8 Å². The molecule has 3 aromatic carbocycles. The quantitative estimate of drug-likeness (QED) is 0.217. The van der Waals surface area contributed by atoms with Gasteiger partial charge in [0.05, 0.1) is 29.7 Å². The summed E-state index contributed by atoms with van der Waals surface area (Å²) in [6, 6.07) is 14.6. The van der Waals surface area contributed by atoms with E-state index in [0.29, 0.717) is 39.5 Å². The van der Waals surface area contributed by atoms with Crippen LogP contribution in [0.1, 0.15) is 60.4 Å². The standard InChI is InChI=1S/C35H41BrN2O6/c1-8-15-44-32-24(36)16-23(17-28(32)43-7)29-30(33(40)37-25-13-9-11-19(2)21(25)4)27(39)18-35(6,42)31(29)34(41)38-26-14-10-12-20(3)22(26)5/h9-14,16-17,29-31,42H,8,15,18H2,1-7H3,(H,37,40)(H,38,41). The van der Waals surface area contributed by atoms with Crippen molar-refractivity contribution in [3.05, 3.63) is 80.8 Å². The number of amides is 2. The molecule has 9 heteroatoms. The highest BCUT2D eigenvalue weighted by Crippen LogP contribution is 2.49. The molecule has 1 aliphatic carbocycles. The van der Waals surface area contributed by atoms with E-state index in [4.69, 9.17) is 9.47 Å². The van der Waals surface area contributed by atoms with Crippen LogP contribution < -0.4 is 20.1 Å². The Balaban J connectivity index is 1.88. The molecule has 4 rings (SSSR count). The summed E-state index contributed by atoms with van der Waals surface area (Å²) in [5, 5.41) is 17.7. The SMILES string of the molecule is CCCOc1c(Br)cc(C2C(C(=O)Nc3cccc(C)c3C)C(=O)CC(C)(O)C2C(=O)Nc2cccc(C)c2C)cc1OC. The van der Waals surface area contributed by atoms with E-state index in [1.54, 1.807) is 24.3 Å². The maximum atomic E-state index is 14.2. The average Bonchev–Trinajstić information content (AvgIpc) is 2.95. The molecule has 2 amide bonds. The highest BCUT2D eigenvalue weighted by Gasteiger charge is 2.56. The van der Waals surface area contributed by atoms with Crippen molar-refractivity contribution in [2.45, 2.75) is 65.9 Å². The Morgan fingerprint density at radius 3 is 2.09 bits per heavy atom. The zero-order valence-corrected chi connectivity index (χ0v) is 27.9. The molecule has 3 N–H and O–H groups in total. The van der Waals surface area contributed by atoms with Gasteiger partial charge < -0.3 is 25.2 Å². The third kappa shape index (κ3) is 6.69. The third-order valence-electron chi connectivity index (χ3n) is 8.64. The second-order valence-corrected chi connectivity index (χ2v) is 12.7. The van der Waals surface area contributed by atoms with Gasteiger partial charge in [-0.2, -0.15) is 0 Å². The molecule has 234 valence electrons. The van der Waals surface area contributed by atoms with E-state index in [1.807, 2.05) is 58.9 Å². The van der Waals surface area contributed by atoms with Crippen LogP contribution in [0.4, 0.5) is 11.4 Å². The lowest BCUT2D eigenvalue weighted by Crippen LogP contribution is -2.56. The Bertz CT molecular complexity index is 1580. The van der Waals surface area contributed by atoms with Crippen molar-refractivity contribution < 1.29 is 29.0 Å². The summed E-state index contributed by atoms with van der Waals surface area (Å²) in [7, 11) is 1.50. The molecule has 8 nitrogen and oxygen atoms in total. The number of ketones is 1. The molecule has 1 saturated carbocycles. The highest BCUT2D eigenvalue weighted by atomic mass is 79.9. The molecule has 1 fully saturated rings. The Kier molecular flexibility index (Phi) is 10.2. The fraction of sp³-hybridized carbons (Fsp3) is 0.400. The number of carbonyl (C=O) groups is 3. The number of ether oxygens (including phenoxy) is 2. The van der Waals surface area contributed by atoms with E-state index >= 15 is 0 Å². The van der Waals surface area contributed by atoms with Crippen LogP contribution >= 0.6 is 15.9 Å². The van der Waals surface area contributed by atoms with Crippen LogP contribution in [0.25, 0.3) is 0 Å². The summed E-state index contributed by atoms with van der Waals surface area (Å²) in [6.07, 6.45) is 0.411. The minimum Gasteiger partial charge on any atom is -0.493 e. The molecule has 4 unspecified atom stereocenters. The molecule has 44 heavy (non-hydrogen) atoms. The first-order chi connectivity index (χ1) is 20.8. The van der Waals surface area contributed by atoms with Gasteiger partial charge in [0.25, 0.3) is 0 Å². The van der Waals surface area contributed by atoms with E-state index < -0.39 is 41.0 Å². The minimum absolute atomic E-state index is 0.366. The lowest BCUT2D eigenvalue weighted by molar-refractivity contribution is -0.150. The number of rotatable bonds is 9. The first kappa shape index (κ1) is 33.2. The van der Waals surface area contributed by atoms with Crippen LogP contribution in [-0.4, -0.2) is 42.0 Å². The number of aryl methyl sites for hydroxylation is 2. The van der Waals surface area contributed by atoms with Crippen LogP contribution in [0.5, 0.6) is 11.5 Å². The first-order valence-electron chi connectivity index (χ1n) is 14.8. The van der Waals surface area contributed by atoms with Crippen molar-refractivity contribution in [2.75, 3.05) is 24.4 Å². The van der Waals surface area contributed by atoms with Crippen molar-refractivity contribution >= 4 is 44.9 Å². The molecule has 1 aliphatic rings. The van der Waals surface area contributed by atoms with Crippen molar-refractivity contribution in [1.29, 1.82) is 0 Å². The van der Waals surface area contributed by atoms with Gasteiger partial charge in [0, 0.05) is 23.7 Å². The second kappa shape index (κ2) is 13.5. The number of anilines is 2. The number of nitrogens with one attached hydrogen (secondary N) is 2. The molecule has 3 aromatic rings. The number of methoxy groups -OCH3 is 1. The largest absolute Gasteiger partial charge is 0.493 e. The summed E-state index contributed by atoms with van der Waals surface area (Å²) in [5.74, 6) is -4.13. The van der Waals surface area contributed by atoms with Gasteiger partial charge in [0.15, 0.2) is 11.5 Å². The highest BCUT2D eigenvalue weighted by molar-refractivity contribution is 9.10. The first-order valence-corrected chi connectivity index (χ1v) is 15.6. The topological polar surface area (TPSA) is 114 Å². The van der Waals surface area contributed by atoms with E-state index in [2.05, 4.69) is 26.6 Å². The van der Waals surface area contributed by atoms with Crippen molar-refractivity contribution in [3.63, 3.8) is 0 Å². The van der Waals surface area contributed by atoms with Crippen LogP contribution in [-0.2, 0) is 14.4 Å². The lowest BCUT2D eigenvalue weighted by atomic mass is 9.61. The molecule has 4 atom stereocenters. The normalized spacial score (nSPS) is 21.5. The molecule has 0 bridgehead atoms. The number of hydrogen-bond donors (Lipinski definition) is 3. The van der Waals surface area contributed by atoms with Gasteiger partial charge in [-0.05, 0) is 109 Å². The zero-order chi connectivity index (χ0) is 32.3. The van der Waals surface area contributed by atoms with Gasteiger partial charge in [-0.15, -0.1) is 0 Å². The van der Waals surface area contributed by atoms with Gasteiger partial charge in [-0.25, -0.2) is 0 Å². The number of Topliss-reactive ketones (excluding diaryl/α,β-unsaturated/α-hetero) is 1. The second-order valence-electron chi connectivity index (χ2n) is 11.8. The van der Waals surface area contributed by atoms with E-state index in [-0.39, 0.29) is 6.42 Å².